The number of hydrogen-bond donors (Lipinski definition) is 2. The first-order valence-corrected chi connectivity index (χ1v) is 12.2. The molecule has 2 N–H and O–H groups in total. The maximum absolute atomic E-state index is 12.9. The van der Waals surface area contributed by atoms with Crippen LogP contribution in [0.5, 0.6) is 0 Å². The second kappa shape index (κ2) is 8.32. The third kappa shape index (κ3) is 4.71. The van der Waals surface area contributed by atoms with E-state index in [1.54, 1.807) is 27.9 Å². The molecule has 1 aliphatic heterocycles. The number of piperidine rings is 1. The summed E-state index contributed by atoms with van der Waals surface area (Å²) in [6.07, 6.45) is 5.47. The van der Waals surface area contributed by atoms with Gasteiger partial charge in [-0.3, -0.25) is 9.40 Å². The fourth-order valence-corrected chi connectivity index (χ4v) is 4.93. The van der Waals surface area contributed by atoms with Crippen LogP contribution in [0.2, 0.25) is 5.02 Å². The quantitative estimate of drug-likeness (QED) is 0.576. The molecule has 0 bridgehead atoms. The Morgan fingerprint density at radius 2 is 2.00 bits per heavy atom. The zero-order valence-electron chi connectivity index (χ0n) is 18.1. The number of ether oxygens (including phenoxy) is 1. The Kier molecular flexibility index (Phi) is 5.85. The van der Waals surface area contributed by atoms with Crippen LogP contribution in [0.3, 0.4) is 0 Å². The molecule has 32 heavy (non-hydrogen) atoms. The van der Waals surface area contributed by atoms with Crippen LogP contribution < -0.4 is 4.72 Å². The lowest BCUT2D eigenvalue weighted by molar-refractivity contribution is 0.0184. The number of likely N-dealkylation sites (tertiary alicyclic amines) is 1. The van der Waals surface area contributed by atoms with Gasteiger partial charge < -0.3 is 14.6 Å². The van der Waals surface area contributed by atoms with E-state index in [2.05, 4.69) is 14.8 Å². The van der Waals surface area contributed by atoms with Gasteiger partial charge in [0.1, 0.15) is 10.5 Å². The summed E-state index contributed by atoms with van der Waals surface area (Å²) in [6, 6.07) is 5.22. The summed E-state index contributed by atoms with van der Waals surface area (Å²) in [5.41, 5.74) is 0.484. The molecule has 0 aliphatic carbocycles. The van der Waals surface area contributed by atoms with Gasteiger partial charge in [-0.15, -0.1) is 0 Å². The topological polar surface area (TPSA) is 109 Å². The summed E-state index contributed by atoms with van der Waals surface area (Å²) in [7, 11) is -3.84. The lowest BCUT2D eigenvalue weighted by Gasteiger charge is -2.33. The molecule has 1 aliphatic rings. The van der Waals surface area contributed by atoms with Crippen molar-refractivity contribution in [2.24, 2.45) is 0 Å². The second-order valence-corrected chi connectivity index (χ2v) is 10.9. The van der Waals surface area contributed by atoms with Crippen LogP contribution in [0.4, 0.5) is 10.5 Å². The lowest BCUT2D eigenvalue weighted by atomic mass is 10.1. The van der Waals surface area contributed by atoms with E-state index >= 15 is 0 Å². The van der Waals surface area contributed by atoms with Crippen molar-refractivity contribution in [3.63, 3.8) is 0 Å². The van der Waals surface area contributed by atoms with Crippen molar-refractivity contribution in [1.82, 2.24) is 19.7 Å². The maximum atomic E-state index is 12.9. The molecular weight excluding hydrogens is 454 g/mol. The molecule has 1 amide bonds. The van der Waals surface area contributed by atoms with E-state index in [0.717, 1.165) is 5.39 Å². The molecule has 0 saturated carbocycles. The molecule has 4 rings (SSSR count). The monoisotopic (exact) mass is 479 g/mol. The summed E-state index contributed by atoms with van der Waals surface area (Å²) >= 11 is 6.13. The van der Waals surface area contributed by atoms with Crippen molar-refractivity contribution >= 4 is 44.3 Å². The molecule has 172 valence electrons. The van der Waals surface area contributed by atoms with Gasteiger partial charge in [-0.05, 0) is 39.7 Å². The smallest absolute Gasteiger partial charge is 0.410 e. The van der Waals surface area contributed by atoms with Crippen LogP contribution in [-0.4, -0.2) is 52.9 Å². The van der Waals surface area contributed by atoms with Crippen LogP contribution >= 0.6 is 11.6 Å². The van der Waals surface area contributed by atoms with Crippen LogP contribution in [0.1, 0.15) is 39.7 Å². The van der Waals surface area contributed by atoms with Crippen molar-refractivity contribution in [2.45, 2.75) is 50.2 Å². The Hall–Kier alpha value is -2.72. The van der Waals surface area contributed by atoms with E-state index in [1.165, 1.54) is 12.4 Å². The second-order valence-electron chi connectivity index (χ2n) is 8.82. The number of nitrogens with zero attached hydrogens (tertiary/aromatic N) is 3. The highest BCUT2D eigenvalue weighted by molar-refractivity contribution is 7.92. The van der Waals surface area contributed by atoms with Gasteiger partial charge in [-0.1, -0.05) is 23.7 Å². The zero-order chi connectivity index (χ0) is 23.1. The first kappa shape index (κ1) is 22.5. The van der Waals surface area contributed by atoms with Gasteiger partial charge in [0, 0.05) is 30.9 Å². The molecule has 1 aromatic carbocycles. The fourth-order valence-electron chi connectivity index (χ4n) is 3.71. The standard InChI is InChI=1S/C21H26ClN5O4S/c1-21(2,3)31-20(28)26-9-7-14(8-10-26)27-13-15(11-24-27)32(29,30)25-18-6-4-5-16-17(22)12-23-19(16)18/h4-6,11-14,23,25H,7-10H2,1-3H3. The molecule has 9 nitrogen and oxygen atoms in total. The minimum absolute atomic E-state index is 0.00304. The number of fused-ring (bicyclic) bond motifs is 1. The van der Waals surface area contributed by atoms with Crippen LogP contribution in [-0.2, 0) is 14.8 Å². The first-order chi connectivity index (χ1) is 15.0. The van der Waals surface area contributed by atoms with Crippen LogP contribution in [0.25, 0.3) is 10.9 Å². The van der Waals surface area contributed by atoms with E-state index in [0.29, 0.717) is 42.2 Å². The Balaban J connectivity index is 1.44. The van der Waals surface area contributed by atoms with Gasteiger partial charge in [0.25, 0.3) is 10.0 Å². The summed E-state index contributed by atoms with van der Waals surface area (Å²) in [5, 5.41) is 5.53. The number of benzene rings is 1. The number of rotatable bonds is 4. The molecule has 0 radical (unpaired) electrons. The molecule has 11 heteroatoms. The van der Waals surface area contributed by atoms with E-state index in [-0.39, 0.29) is 17.0 Å². The minimum atomic E-state index is -3.84. The number of sulfonamides is 1. The number of H-pyrrole nitrogens is 1. The summed E-state index contributed by atoms with van der Waals surface area (Å²) in [5.74, 6) is 0. The highest BCUT2D eigenvalue weighted by atomic mass is 35.5. The number of carbonyl (C=O) groups excluding carboxylic acids is 1. The van der Waals surface area contributed by atoms with Crippen molar-refractivity contribution in [1.29, 1.82) is 0 Å². The fraction of sp³-hybridized carbons (Fsp3) is 0.429. The molecule has 1 fully saturated rings. The van der Waals surface area contributed by atoms with Gasteiger partial charge >= 0.3 is 6.09 Å². The molecule has 1 saturated heterocycles. The summed E-state index contributed by atoms with van der Waals surface area (Å²) in [4.78, 5) is 17.0. The Morgan fingerprint density at radius 3 is 2.69 bits per heavy atom. The molecule has 0 atom stereocenters. The number of aromatic nitrogens is 3. The molecule has 3 aromatic rings. The van der Waals surface area contributed by atoms with Crippen molar-refractivity contribution in [3.05, 3.63) is 41.8 Å². The van der Waals surface area contributed by atoms with Crippen molar-refractivity contribution in [2.75, 3.05) is 17.8 Å². The number of nitrogens with one attached hydrogen (secondary N) is 2. The van der Waals surface area contributed by atoms with Gasteiger partial charge in [0.05, 0.1) is 28.5 Å². The summed E-state index contributed by atoms with van der Waals surface area (Å²) in [6.45, 7) is 6.55. The average Bonchev–Trinajstić information content (AvgIpc) is 3.35. The highest BCUT2D eigenvalue weighted by Crippen LogP contribution is 2.30. The number of anilines is 1. The van der Waals surface area contributed by atoms with Gasteiger partial charge in [-0.2, -0.15) is 5.10 Å². The molecule has 3 heterocycles. The van der Waals surface area contributed by atoms with E-state index < -0.39 is 15.6 Å². The van der Waals surface area contributed by atoms with Crippen LogP contribution in [0, 0.1) is 0 Å². The molecular formula is C21H26ClN5O4S. The maximum Gasteiger partial charge on any atom is 0.410 e. The number of amides is 1. The third-order valence-corrected chi connectivity index (χ3v) is 6.92. The lowest BCUT2D eigenvalue weighted by Crippen LogP contribution is -2.42. The first-order valence-electron chi connectivity index (χ1n) is 10.3. The number of para-hydroxylation sites is 1. The Labute approximate surface area is 191 Å². The predicted molar refractivity (Wildman–Crippen MR) is 122 cm³/mol. The number of carbonyl (C=O) groups is 1. The normalized spacial score (nSPS) is 15.8. The largest absolute Gasteiger partial charge is 0.444 e. The van der Waals surface area contributed by atoms with Crippen LogP contribution in [0.15, 0.2) is 41.7 Å². The Morgan fingerprint density at radius 1 is 1.28 bits per heavy atom. The van der Waals surface area contributed by atoms with E-state index in [4.69, 9.17) is 16.3 Å². The van der Waals surface area contributed by atoms with E-state index in [1.807, 2.05) is 26.8 Å². The zero-order valence-corrected chi connectivity index (χ0v) is 19.7. The Bertz CT molecular complexity index is 1240. The van der Waals surface area contributed by atoms with Crippen molar-refractivity contribution in [3.8, 4) is 0 Å². The highest BCUT2D eigenvalue weighted by Gasteiger charge is 2.28. The van der Waals surface area contributed by atoms with Gasteiger partial charge in [0.15, 0.2) is 0 Å². The number of aromatic amines is 1. The molecule has 2 aromatic heterocycles. The average molecular weight is 480 g/mol. The van der Waals surface area contributed by atoms with E-state index in [9.17, 15) is 13.2 Å². The summed E-state index contributed by atoms with van der Waals surface area (Å²) < 4.78 is 35.6. The number of hydrogen-bond acceptors (Lipinski definition) is 5. The van der Waals surface area contributed by atoms with Gasteiger partial charge in [-0.25, -0.2) is 13.2 Å². The predicted octanol–water partition coefficient (Wildman–Crippen LogP) is 4.39. The van der Waals surface area contributed by atoms with Crippen molar-refractivity contribution < 1.29 is 17.9 Å². The molecule has 0 spiro atoms. The third-order valence-electron chi connectivity index (χ3n) is 5.29. The molecule has 0 unspecified atom stereocenters. The SMILES string of the molecule is CC(C)(C)OC(=O)N1CCC(n2cc(S(=O)(=O)Nc3cccc4c(Cl)c[nH]c34)cn2)CC1. The minimum Gasteiger partial charge on any atom is -0.444 e. The number of halogens is 1. The van der Waals surface area contributed by atoms with Gasteiger partial charge in [0.2, 0.25) is 0 Å².